The molecule has 0 N–H and O–H groups in total. The van der Waals surface area contributed by atoms with Crippen LogP contribution >= 0.6 is 22.6 Å². The highest BCUT2D eigenvalue weighted by molar-refractivity contribution is 14.1. The van der Waals surface area contributed by atoms with Gasteiger partial charge in [-0.1, -0.05) is 52.9 Å². The third-order valence-corrected chi connectivity index (χ3v) is 1.94. The monoisotopic (exact) mass is 276 g/mol. The lowest BCUT2D eigenvalue weighted by Crippen LogP contribution is -2.02. The van der Waals surface area contributed by atoms with Crippen molar-refractivity contribution in [1.29, 1.82) is 0 Å². The molecule has 12 heavy (non-hydrogen) atoms. The van der Waals surface area contributed by atoms with Gasteiger partial charge in [-0.25, -0.2) is 0 Å². The quantitative estimate of drug-likeness (QED) is 0.606. The highest BCUT2D eigenvalue weighted by Gasteiger charge is 1.95. The van der Waals surface area contributed by atoms with Crippen molar-refractivity contribution in [3.8, 4) is 0 Å². The molecule has 0 heterocycles. The predicted molar refractivity (Wildman–Crippen MR) is 59.6 cm³/mol. The first kappa shape index (κ1) is 9.99. The predicted octanol–water partition coefficient (Wildman–Crippen LogP) is 3.03. The average Bonchev–Trinajstić information content (AvgIpc) is 2.05. The molecule has 1 nitrogen and oxygen atoms in total. The topological polar surface area (TPSA) is 9.23 Å². The van der Waals surface area contributed by atoms with Gasteiger partial charge in [0.2, 0.25) is 0 Å². The van der Waals surface area contributed by atoms with E-state index in [0.29, 0.717) is 4.11 Å². The van der Waals surface area contributed by atoms with Crippen LogP contribution in [0.15, 0.2) is 30.3 Å². The summed E-state index contributed by atoms with van der Waals surface area (Å²) in [5.74, 6) is 0. The van der Waals surface area contributed by atoms with E-state index in [9.17, 15) is 0 Å². The molecule has 1 rings (SSSR count). The molecule has 0 amide bonds. The zero-order chi connectivity index (χ0) is 8.81. The van der Waals surface area contributed by atoms with Crippen LogP contribution in [0.3, 0.4) is 0 Å². The minimum Gasteiger partial charge on any atom is -0.368 e. The minimum atomic E-state index is 0.311. The molecule has 1 atom stereocenters. The van der Waals surface area contributed by atoms with Crippen LogP contribution in [0.5, 0.6) is 0 Å². The highest BCUT2D eigenvalue weighted by Crippen LogP contribution is 2.03. The van der Waals surface area contributed by atoms with Crippen LogP contribution in [0.1, 0.15) is 12.5 Å². The zero-order valence-corrected chi connectivity index (χ0v) is 9.32. The average molecular weight is 276 g/mol. The molecule has 0 spiro atoms. The summed E-state index contributed by atoms with van der Waals surface area (Å²) in [4.78, 5) is 0. The van der Waals surface area contributed by atoms with Gasteiger partial charge < -0.3 is 4.74 Å². The van der Waals surface area contributed by atoms with Gasteiger partial charge in [0, 0.05) is 0 Å². The summed E-state index contributed by atoms with van der Waals surface area (Å²) in [6.45, 7) is 2.86. The van der Waals surface area contributed by atoms with Crippen LogP contribution in [0.2, 0.25) is 0 Å². The van der Waals surface area contributed by atoms with Gasteiger partial charge in [-0.2, -0.15) is 0 Å². The number of benzene rings is 1. The molecule has 0 bridgehead atoms. The number of halogens is 1. The normalized spacial score (nSPS) is 12.8. The van der Waals surface area contributed by atoms with E-state index in [1.165, 1.54) is 5.56 Å². The smallest absolute Gasteiger partial charge is 0.106 e. The lowest BCUT2D eigenvalue weighted by Gasteiger charge is -2.05. The van der Waals surface area contributed by atoms with Crippen LogP contribution in [-0.4, -0.2) is 10.7 Å². The fourth-order valence-electron chi connectivity index (χ4n) is 0.984. The Morgan fingerprint density at radius 1 is 1.33 bits per heavy atom. The minimum absolute atomic E-state index is 0.311. The molecule has 66 valence electrons. The van der Waals surface area contributed by atoms with E-state index in [1.54, 1.807) is 0 Å². The van der Waals surface area contributed by atoms with Gasteiger partial charge in [0.05, 0.1) is 6.61 Å². The molecule has 0 aliphatic rings. The Kier molecular flexibility index (Phi) is 4.61. The Hall–Kier alpha value is -0.0900. The van der Waals surface area contributed by atoms with Crippen molar-refractivity contribution in [2.45, 2.75) is 17.5 Å². The van der Waals surface area contributed by atoms with Gasteiger partial charge in [-0.05, 0) is 18.9 Å². The molecule has 2 heteroatoms. The van der Waals surface area contributed by atoms with Gasteiger partial charge >= 0.3 is 0 Å². The van der Waals surface area contributed by atoms with Crippen molar-refractivity contribution < 1.29 is 4.74 Å². The van der Waals surface area contributed by atoms with Gasteiger partial charge in [-0.15, -0.1) is 0 Å². The second-order valence-corrected chi connectivity index (χ2v) is 4.40. The lowest BCUT2D eigenvalue weighted by molar-refractivity contribution is 0.137. The van der Waals surface area contributed by atoms with Gasteiger partial charge in [0.25, 0.3) is 0 Å². The molecule has 1 unspecified atom stereocenters. The van der Waals surface area contributed by atoms with E-state index in [-0.39, 0.29) is 0 Å². The molecular weight excluding hydrogens is 263 g/mol. The zero-order valence-electron chi connectivity index (χ0n) is 7.16. The number of hydrogen-bond donors (Lipinski definition) is 0. The maximum absolute atomic E-state index is 5.43. The summed E-state index contributed by atoms with van der Waals surface area (Å²) in [6.07, 6.45) is 1.01. The largest absolute Gasteiger partial charge is 0.368 e. The van der Waals surface area contributed by atoms with Crippen LogP contribution in [-0.2, 0) is 11.2 Å². The van der Waals surface area contributed by atoms with E-state index >= 15 is 0 Å². The number of rotatable bonds is 4. The molecule has 0 fully saturated rings. The van der Waals surface area contributed by atoms with Gasteiger partial charge in [0.1, 0.15) is 4.11 Å². The molecule has 0 radical (unpaired) electrons. The summed E-state index contributed by atoms with van der Waals surface area (Å²) in [5, 5.41) is 0. The first-order valence-electron chi connectivity index (χ1n) is 4.08. The second-order valence-electron chi connectivity index (χ2n) is 2.65. The Balaban J connectivity index is 2.25. The molecule has 0 aliphatic heterocycles. The van der Waals surface area contributed by atoms with Crippen molar-refractivity contribution in [1.82, 2.24) is 0 Å². The van der Waals surface area contributed by atoms with Gasteiger partial charge in [0.15, 0.2) is 0 Å². The third kappa shape index (κ3) is 4.07. The maximum Gasteiger partial charge on any atom is 0.106 e. The van der Waals surface area contributed by atoms with Crippen molar-refractivity contribution in [3.63, 3.8) is 0 Å². The molecule has 1 aromatic rings. The molecule has 0 aliphatic carbocycles. The van der Waals surface area contributed by atoms with Crippen LogP contribution in [0.4, 0.5) is 0 Å². The Morgan fingerprint density at radius 3 is 2.58 bits per heavy atom. The first-order chi connectivity index (χ1) is 5.79. The summed E-state index contributed by atoms with van der Waals surface area (Å²) in [6, 6.07) is 10.4. The van der Waals surface area contributed by atoms with E-state index < -0.39 is 0 Å². The van der Waals surface area contributed by atoms with Crippen LogP contribution in [0.25, 0.3) is 0 Å². The molecule has 0 aromatic heterocycles. The number of ether oxygens (including phenoxy) is 1. The standard InChI is InChI=1S/C10H13IO/c1-9(11)12-8-7-10-5-3-2-4-6-10/h2-6,9H,7-8H2,1H3. The SMILES string of the molecule is CC(I)OCCc1ccccc1. The summed E-state index contributed by atoms with van der Waals surface area (Å²) in [5.41, 5.74) is 1.34. The third-order valence-electron chi connectivity index (χ3n) is 1.58. The Bertz CT molecular complexity index is 208. The van der Waals surface area contributed by atoms with Crippen LogP contribution in [0, 0.1) is 0 Å². The Labute approximate surface area is 87.3 Å². The maximum atomic E-state index is 5.43. The fraction of sp³-hybridized carbons (Fsp3) is 0.400. The number of hydrogen-bond acceptors (Lipinski definition) is 1. The second kappa shape index (κ2) is 5.54. The number of alkyl halides is 1. The highest BCUT2D eigenvalue weighted by atomic mass is 127. The van der Waals surface area contributed by atoms with E-state index in [4.69, 9.17) is 4.74 Å². The summed E-state index contributed by atoms with van der Waals surface area (Å²) < 4.78 is 5.74. The van der Waals surface area contributed by atoms with Crippen LogP contribution < -0.4 is 0 Å². The van der Waals surface area contributed by atoms with Crippen molar-refractivity contribution in [3.05, 3.63) is 35.9 Å². The van der Waals surface area contributed by atoms with E-state index in [0.717, 1.165) is 13.0 Å². The van der Waals surface area contributed by atoms with Crippen molar-refractivity contribution >= 4 is 22.6 Å². The molecular formula is C10H13IO. The van der Waals surface area contributed by atoms with E-state index in [2.05, 4.69) is 46.9 Å². The fourth-order valence-corrected chi connectivity index (χ4v) is 1.24. The molecule has 1 aromatic carbocycles. The van der Waals surface area contributed by atoms with Gasteiger partial charge in [-0.3, -0.25) is 0 Å². The van der Waals surface area contributed by atoms with E-state index in [1.807, 2.05) is 13.0 Å². The summed E-state index contributed by atoms with van der Waals surface area (Å²) >= 11 is 2.26. The Morgan fingerprint density at radius 2 is 2.00 bits per heavy atom. The van der Waals surface area contributed by atoms with Crippen molar-refractivity contribution in [2.75, 3.05) is 6.61 Å². The lowest BCUT2D eigenvalue weighted by atomic mass is 10.2. The van der Waals surface area contributed by atoms with Crippen molar-refractivity contribution in [2.24, 2.45) is 0 Å². The first-order valence-corrected chi connectivity index (χ1v) is 5.33. The summed E-state index contributed by atoms with van der Waals surface area (Å²) in [7, 11) is 0. The molecule has 0 saturated carbocycles. The molecule has 0 saturated heterocycles.